The SMILES string of the molecule is COc1cc(OC)c(OC)cc1C=NNC(=O)CSc1nc2ccccc2c(=O)n1-c1ccccc1C. The van der Waals surface area contributed by atoms with E-state index in [1.54, 1.807) is 34.9 Å². The maximum absolute atomic E-state index is 13.4. The van der Waals surface area contributed by atoms with Crippen LogP contribution >= 0.6 is 11.8 Å². The topological polar surface area (TPSA) is 104 Å². The van der Waals surface area contributed by atoms with Crippen LogP contribution in [0.1, 0.15) is 11.1 Å². The number of aryl methyl sites for hydroxylation is 1. The van der Waals surface area contributed by atoms with E-state index in [4.69, 9.17) is 14.2 Å². The van der Waals surface area contributed by atoms with Crippen molar-refractivity contribution in [1.82, 2.24) is 15.0 Å². The first-order valence-corrected chi connectivity index (χ1v) is 12.3. The van der Waals surface area contributed by atoms with Gasteiger partial charge in [-0.3, -0.25) is 14.2 Å². The second-order valence-electron chi connectivity index (χ2n) is 7.87. The molecule has 4 aromatic rings. The van der Waals surface area contributed by atoms with Gasteiger partial charge in [-0.15, -0.1) is 0 Å². The summed E-state index contributed by atoms with van der Waals surface area (Å²) in [6.45, 7) is 1.93. The first kappa shape index (κ1) is 25.8. The van der Waals surface area contributed by atoms with Crippen LogP contribution in [-0.2, 0) is 4.79 Å². The average Bonchev–Trinajstić information content (AvgIpc) is 2.92. The maximum atomic E-state index is 13.4. The van der Waals surface area contributed by atoms with Gasteiger partial charge < -0.3 is 14.2 Å². The molecule has 1 aromatic heterocycles. The van der Waals surface area contributed by atoms with E-state index in [-0.39, 0.29) is 17.2 Å². The van der Waals surface area contributed by atoms with Gasteiger partial charge >= 0.3 is 0 Å². The van der Waals surface area contributed by atoms with Crippen molar-refractivity contribution in [2.45, 2.75) is 12.1 Å². The lowest BCUT2D eigenvalue weighted by Crippen LogP contribution is -2.24. The van der Waals surface area contributed by atoms with Crippen LogP contribution in [-0.4, -0.2) is 48.8 Å². The fraction of sp³-hybridized carbons (Fsp3) is 0.185. The molecule has 0 radical (unpaired) electrons. The van der Waals surface area contributed by atoms with Crippen molar-refractivity contribution >= 4 is 34.8 Å². The second-order valence-corrected chi connectivity index (χ2v) is 8.81. The number of fused-ring (bicyclic) bond motifs is 1. The molecule has 1 heterocycles. The van der Waals surface area contributed by atoms with Crippen molar-refractivity contribution in [3.8, 4) is 22.9 Å². The summed E-state index contributed by atoms with van der Waals surface area (Å²) < 4.78 is 17.5. The van der Waals surface area contributed by atoms with E-state index in [0.717, 1.165) is 17.3 Å². The Kier molecular flexibility index (Phi) is 8.09. The molecule has 4 rings (SSSR count). The molecule has 0 saturated carbocycles. The summed E-state index contributed by atoms with van der Waals surface area (Å²) in [5.74, 6) is 1.16. The number of amides is 1. The van der Waals surface area contributed by atoms with Crippen molar-refractivity contribution < 1.29 is 19.0 Å². The zero-order chi connectivity index (χ0) is 26.4. The normalized spacial score (nSPS) is 11.0. The Hall–Kier alpha value is -4.31. The van der Waals surface area contributed by atoms with Gasteiger partial charge in [0.05, 0.1) is 49.9 Å². The van der Waals surface area contributed by atoms with Crippen LogP contribution < -0.4 is 25.2 Å². The Bertz CT molecular complexity index is 1530. The summed E-state index contributed by atoms with van der Waals surface area (Å²) >= 11 is 1.16. The first-order valence-electron chi connectivity index (χ1n) is 11.3. The molecule has 0 saturated heterocycles. The van der Waals surface area contributed by atoms with Crippen LogP contribution in [0.2, 0.25) is 0 Å². The van der Waals surface area contributed by atoms with Gasteiger partial charge in [0.2, 0.25) is 0 Å². The number of nitrogens with zero attached hydrogens (tertiary/aromatic N) is 3. The highest BCUT2D eigenvalue weighted by Crippen LogP contribution is 2.33. The van der Waals surface area contributed by atoms with Gasteiger partial charge in [0.15, 0.2) is 16.7 Å². The van der Waals surface area contributed by atoms with Crippen LogP contribution in [0.4, 0.5) is 0 Å². The summed E-state index contributed by atoms with van der Waals surface area (Å²) in [7, 11) is 4.59. The molecular weight excluding hydrogens is 492 g/mol. The number of methoxy groups -OCH3 is 3. The Labute approximate surface area is 218 Å². The lowest BCUT2D eigenvalue weighted by molar-refractivity contribution is -0.118. The Morgan fingerprint density at radius 1 is 1.00 bits per heavy atom. The molecule has 1 N–H and O–H groups in total. The molecule has 0 aliphatic rings. The molecular formula is C27H26N4O5S. The van der Waals surface area contributed by atoms with E-state index >= 15 is 0 Å². The minimum Gasteiger partial charge on any atom is -0.496 e. The lowest BCUT2D eigenvalue weighted by Gasteiger charge is -2.14. The quantitative estimate of drug-likeness (QED) is 0.155. The van der Waals surface area contributed by atoms with Crippen LogP contribution in [0, 0.1) is 6.92 Å². The number of benzene rings is 3. The van der Waals surface area contributed by atoms with Gasteiger partial charge in [-0.25, -0.2) is 10.4 Å². The van der Waals surface area contributed by atoms with Crippen molar-refractivity contribution in [3.05, 3.63) is 82.1 Å². The summed E-state index contributed by atoms with van der Waals surface area (Å²) in [5.41, 5.74) is 5.11. The first-order chi connectivity index (χ1) is 18.0. The van der Waals surface area contributed by atoms with Gasteiger partial charge in [0, 0.05) is 11.6 Å². The second kappa shape index (κ2) is 11.6. The minimum absolute atomic E-state index is 0.00291. The van der Waals surface area contributed by atoms with Gasteiger partial charge in [-0.1, -0.05) is 42.1 Å². The number of hydrazone groups is 1. The van der Waals surface area contributed by atoms with Gasteiger partial charge in [0.1, 0.15) is 5.75 Å². The van der Waals surface area contributed by atoms with E-state index in [1.165, 1.54) is 27.5 Å². The van der Waals surface area contributed by atoms with Crippen LogP contribution in [0.25, 0.3) is 16.6 Å². The summed E-state index contributed by atoms with van der Waals surface area (Å²) in [4.78, 5) is 30.7. The van der Waals surface area contributed by atoms with E-state index < -0.39 is 0 Å². The van der Waals surface area contributed by atoms with Crippen molar-refractivity contribution in [3.63, 3.8) is 0 Å². The molecule has 9 nitrogen and oxygen atoms in total. The third kappa shape index (κ3) is 5.59. The number of para-hydroxylation sites is 2. The van der Waals surface area contributed by atoms with Crippen molar-refractivity contribution in [2.75, 3.05) is 27.1 Å². The highest BCUT2D eigenvalue weighted by Gasteiger charge is 2.16. The molecule has 190 valence electrons. The standard InChI is InChI=1S/C27H26N4O5S/c1-17-9-5-8-12-21(17)31-26(33)19-10-6-7-11-20(19)29-27(31)37-16-25(32)30-28-15-18-13-23(35-3)24(36-4)14-22(18)34-2/h5-15H,16H2,1-4H3,(H,30,32). The van der Waals surface area contributed by atoms with Crippen LogP contribution in [0.5, 0.6) is 17.2 Å². The Balaban J connectivity index is 1.55. The van der Waals surface area contributed by atoms with Gasteiger partial charge in [-0.2, -0.15) is 5.10 Å². The summed E-state index contributed by atoms with van der Waals surface area (Å²) in [6, 6.07) is 18.1. The van der Waals surface area contributed by atoms with E-state index in [1.807, 2.05) is 37.3 Å². The molecule has 10 heteroatoms. The smallest absolute Gasteiger partial charge is 0.266 e. The Morgan fingerprint density at radius 3 is 2.41 bits per heavy atom. The third-order valence-electron chi connectivity index (χ3n) is 5.56. The highest BCUT2D eigenvalue weighted by atomic mass is 32.2. The minimum atomic E-state index is -0.362. The number of carbonyl (C=O) groups excluding carboxylic acids is 1. The predicted molar refractivity (Wildman–Crippen MR) is 145 cm³/mol. The number of aromatic nitrogens is 2. The Morgan fingerprint density at radius 2 is 1.68 bits per heavy atom. The summed E-state index contributed by atoms with van der Waals surface area (Å²) in [6.07, 6.45) is 1.46. The van der Waals surface area contributed by atoms with Gasteiger partial charge in [-0.05, 0) is 36.8 Å². The largest absolute Gasteiger partial charge is 0.496 e. The zero-order valence-corrected chi connectivity index (χ0v) is 21.7. The number of nitrogens with one attached hydrogen (secondary N) is 1. The number of hydrogen-bond donors (Lipinski definition) is 1. The van der Waals surface area contributed by atoms with Crippen molar-refractivity contribution in [2.24, 2.45) is 5.10 Å². The molecule has 0 atom stereocenters. The monoisotopic (exact) mass is 518 g/mol. The van der Waals surface area contributed by atoms with E-state index in [2.05, 4.69) is 15.5 Å². The molecule has 37 heavy (non-hydrogen) atoms. The molecule has 1 amide bonds. The number of thioether (sulfide) groups is 1. The maximum Gasteiger partial charge on any atom is 0.266 e. The van der Waals surface area contributed by atoms with Crippen LogP contribution in [0.3, 0.4) is 0 Å². The summed E-state index contributed by atoms with van der Waals surface area (Å²) in [5, 5.41) is 4.98. The molecule has 0 fully saturated rings. The molecule has 0 spiro atoms. The third-order valence-corrected chi connectivity index (χ3v) is 6.50. The number of hydrogen-bond acceptors (Lipinski definition) is 8. The van der Waals surface area contributed by atoms with E-state index in [0.29, 0.717) is 44.6 Å². The van der Waals surface area contributed by atoms with Crippen LogP contribution in [0.15, 0.2) is 75.7 Å². The van der Waals surface area contributed by atoms with Crippen molar-refractivity contribution in [1.29, 1.82) is 0 Å². The fourth-order valence-corrected chi connectivity index (χ4v) is 4.52. The number of ether oxygens (including phenoxy) is 3. The number of rotatable bonds is 9. The van der Waals surface area contributed by atoms with Gasteiger partial charge in [0.25, 0.3) is 11.5 Å². The molecule has 0 aliphatic heterocycles. The fourth-order valence-electron chi connectivity index (χ4n) is 3.73. The molecule has 0 bridgehead atoms. The molecule has 3 aromatic carbocycles. The highest BCUT2D eigenvalue weighted by molar-refractivity contribution is 7.99. The number of carbonyl (C=O) groups is 1. The average molecular weight is 519 g/mol. The molecule has 0 aliphatic carbocycles. The zero-order valence-electron chi connectivity index (χ0n) is 20.8. The lowest BCUT2D eigenvalue weighted by atomic mass is 10.2. The predicted octanol–water partition coefficient (Wildman–Crippen LogP) is 3.96. The van der Waals surface area contributed by atoms with E-state index in [9.17, 15) is 9.59 Å². The molecule has 0 unspecified atom stereocenters.